The Bertz CT molecular complexity index is 576. The molecule has 0 N–H and O–H groups in total. The van der Waals surface area contributed by atoms with Crippen LogP contribution in [0.2, 0.25) is 5.15 Å². The first kappa shape index (κ1) is 13.0. The molecule has 2 aromatic rings. The molecule has 3 heteroatoms. The molecule has 0 aliphatic heterocycles. The lowest BCUT2D eigenvalue weighted by Crippen LogP contribution is -1.86. The van der Waals surface area contributed by atoms with Gasteiger partial charge in [0.25, 0.3) is 0 Å². The van der Waals surface area contributed by atoms with Crippen LogP contribution < -0.4 is 0 Å². The Balaban J connectivity index is 1.89. The topological polar surface area (TPSA) is 12.9 Å². The molecule has 19 heavy (non-hydrogen) atoms. The average Bonchev–Trinajstić information content (AvgIpc) is 3.26. The number of halogens is 1. The number of pyridine rings is 1. The van der Waals surface area contributed by atoms with Crippen molar-refractivity contribution < 1.29 is 0 Å². The number of nitrogens with zero attached hydrogens (tertiary/aromatic N) is 1. The Kier molecular flexibility index (Phi) is 3.81. The van der Waals surface area contributed by atoms with Gasteiger partial charge >= 0.3 is 0 Å². The molecule has 0 amide bonds. The normalized spacial score (nSPS) is 14.6. The Hall–Kier alpha value is -0.990. The molecule has 0 radical (unpaired) electrons. The maximum Gasteiger partial charge on any atom is 0.142 e. The highest BCUT2D eigenvalue weighted by Crippen LogP contribution is 2.40. The molecule has 0 atom stereocenters. The van der Waals surface area contributed by atoms with Crippen LogP contribution in [0.5, 0.6) is 0 Å². The highest BCUT2D eigenvalue weighted by atomic mass is 35.5. The van der Waals surface area contributed by atoms with Gasteiger partial charge in [0.1, 0.15) is 5.15 Å². The van der Waals surface area contributed by atoms with E-state index in [2.05, 4.69) is 42.2 Å². The van der Waals surface area contributed by atoms with Gasteiger partial charge in [-0.25, -0.2) is 4.98 Å². The van der Waals surface area contributed by atoms with E-state index in [4.69, 9.17) is 11.6 Å². The van der Waals surface area contributed by atoms with E-state index in [1.807, 2.05) is 6.20 Å². The first-order valence-corrected chi connectivity index (χ1v) is 8.03. The number of hydrogen-bond donors (Lipinski definition) is 0. The standard InChI is InChI=1S/C16H16ClNS/c1-2-19-15-9-14(10-18-16(15)17)13-7-5-12(6-8-13)11-3-4-11/h5-11H,2-4H2,1H3. The van der Waals surface area contributed by atoms with Crippen LogP contribution >= 0.6 is 23.4 Å². The van der Waals surface area contributed by atoms with E-state index in [9.17, 15) is 0 Å². The number of rotatable bonds is 4. The van der Waals surface area contributed by atoms with Crippen LogP contribution in [0.1, 0.15) is 31.2 Å². The fourth-order valence-electron chi connectivity index (χ4n) is 2.21. The zero-order chi connectivity index (χ0) is 13.2. The van der Waals surface area contributed by atoms with Gasteiger partial charge < -0.3 is 0 Å². The number of aromatic nitrogens is 1. The van der Waals surface area contributed by atoms with E-state index in [0.29, 0.717) is 5.15 Å². The van der Waals surface area contributed by atoms with Crippen molar-refractivity contribution in [2.75, 3.05) is 5.75 Å². The molecular weight excluding hydrogens is 274 g/mol. The molecule has 1 aromatic carbocycles. The number of thioether (sulfide) groups is 1. The molecule has 1 aromatic heterocycles. The molecular formula is C16H16ClNS. The summed E-state index contributed by atoms with van der Waals surface area (Å²) >= 11 is 7.84. The van der Waals surface area contributed by atoms with Gasteiger partial charge in [-0.3, -0.25) is 0 Å². The second-order valence-corrected chi connectivity index (χ2v) is 6.51. The molecule has 0 saturated heterocycles. The minimum Gasteiger partial charge on any atom is -0.243 e. The second-order valence-electron chi connectivity index (χ2n) is 4.84. The minimum atomic E-state index is 0.602. The maximum absolute atomic E-state index is 6.11. The van der Waals surface area contributed by atoms with Crippen molar-refractivity contribution in [2.24, 2.45) is 0 Å². The summed E-state index contributed by atoms with van der Waals surface area (Å²) in [5.41, 5.74) is 3.82. The molecule has 1 saturated carbocycles. The molecule has 0 spiro atoms. The summed E-state index contributed by atoms with van der Waals surface area (Å²) in [5.74, 6) is 1.81. The molecule has 0 unspecified atom stereocenters. The molecule has 0 bridgehead atoms. The van der Waals surface area contributed by atoms with Gasteiger partial charge in [-0.05, 0) is 41.7 Å². The third-order valence-corrected chi connectivity index (χ3v) is 4.72. The summed E-state index contributed by atoms with van der Waals surface area (Å²) in [4.78, 5) is 5.35. The Morgan fingerprint density at radius 2 is 1.95 bits per heavy atom. The Labute approximate surface area is 123 Å². The highest BCUT2D eigenvalue weighted by molar-refractivity contribution is 7.99. The minimum absolute atomic E-state index is 0.602. The zero-order valence-corrected chi connectivity index (χ0v) is 12.5. The average molecular weight is 290 g/mol. The first-order chi connectivity index (χ1) is 9.28. The number of hydrogen-bond acceptors (Lipinski definition) is 2. The van der Waals surface area contributed by atoms with Crippen LogP contribution in [0.4, 0.5) is 0 Å². The van der Waals surface area contributed by atoms with Crippen molar-refractivity contribution in [2.45, 2.75) is 30.6 Å². The fraction of sp³-hybridized carbons (Fsp3) is 0.312. The third kappa shape index (κ3) is 2.96. The van der Waals surface area contributed by atoms with E-state index in [1.54, 1.807) is 11.8 Å². The molecule has 3 rings (SSSR count). The predicted octanol–water partition coefficient (Wildman–Crippen LogP) is 5.39. The maximum atomic E-state index is 6.11. The van der Waals surface area contributed by atoms with Crippen LogP contribution in [-0.4, -0.2) is 10.7 Å². The predicted molar refractivity (Wildman–Crippen MR) is 83.1 cm³/mol. The van der Waals surface area contributed by atoms with Gasteiger partial charge in [-0.15, -0.1) is 11.8 Å². The molecule has 1 aliphatic rings. The summed E-state index contributed by atoms with van der Waals surface area (Å²) in [6.07, 6.45) is 4.55. The number of benzene rings is 1. The van der Waals surface area contributed by atoms with Crippen LogP contribution in [0.15, 0.2) is 41.4 Å². The van der Waals surface area contributed by atoms with Crippen LogP contribution in [0.3, 0.4) is 0 Å². The summed E-state index contributed by atoms with van der Waals surface area (Å²) in [6.45, 7) is 2.12. The largest absolute Gasteiger partial charge is 0.243 e. The van der Waals surface area contributed by atoms with E-state index >= 15 is 0 Å². The zero-order valence-electron chi connectivity index (χ0n) is 10.9. The van der Waals surface area contributed by atoms with Gasteiger partial charge in [-0.1, -0.05) is 42.8 Å². The summed E-state index contributed by atoms with van der Waals surface area (Å²) < 4.78 is 0. The van der Waals surface area contributed by atoms with Crippen molar-refractivity contribution in [3.63, 3.8) is 0 Å². The SMILES string of the molecule is CCSc1cc(-c2ccc(C3CC3)cc2)cnc1Cl. The van der Waals surface area contributed by atoms with E-state index in [0.717, 1.165) is 22.1 Å². The van der Waals surface area contributed by atoms with Gasteiger partial charge in [-0.2, -0.15) is 0 Å². The highest BCUT2D eigenvalue weighted by Gasteiger charge is 2.22. The lowest BCUT2D eigenvalue weighted by atomic mass is 10.0. The Morgan fingerprint density at radius 3 is 2.58 bits per heavy atom. The van der Waals surface area contributed by atoms with E-state index in [1.165, 1.54) is 24.0 Å². The quantitative estimate of drug-likeness (QED) is 0.553. The first-order valence-electron chi connectivity index (χ1n) is 6.66. The molecule has 1 heterocycles. The third-order valence-electron chi connectivity index (χ3n) is 3.40. The van der Waals surface area contributed by atoms with Gasteiger partial charge in [0.2, 0.25) is 0 Å². The van der Waals surface area contributed by atoms with E-state index in [-0.39, 0.29) is 0 Å². The lowest BCUT2D eigenvalue weighted by molar-refractivity contribution is 1.13. The van der Waals surface area contributed by atoms with Crippen LogP contribution in [0.25, 0.3) is 11.1 Å². The van der Waals surface area contributed by atoms with Crippen molar-refractivity contribution in [3.05, 3.63) is 47.2 Å². The summed E-state index contributed by atoms with van der Waals surface area (Å²) in [6, 6.07) is 11.0. The second kappa shape index (κ2) is 5.56. The molecule has 98 valence electrons. The molecule has 1 aliphatic carbocycles. The van der Waals surface area contributed by atoms with Crippen molar-refractivity contribution in [1.29, 1.82) is 0 Å². The lowest BCUT2D eigenvalue weighted by Gasteiger charge is -2.07. The van der Waals surface area contributed by atoms with Crippen LogP contribution in [-0.2, 0) is 0 Å². The van der Waals surface area contributed by atoms with Crippen molar-refractivity contribution in [3.8, 4) is 11.1 Å². The fourth-order valence-corrected chi connectivity index (χ4v) is 3.17. The van der Waals surface area contributed by atoms with E-state index < -0.39 is 0 Å². The Morgan fingerprint density at radius 1 is 1.21 bits per heavy atom. The van der Waals surface area contributed by atoms with Gasteiger partial charge in [0.05, 0.1) is 0 Å². The van der Waals surface area contributed by atoms with Crippen molar-refractivity contribution >= 4 is 23.4 Å². The molecule has 1 fully saturated rings. The van der Waals surface area contributed by atoms with Crippen molar-refractivity contribution in [1.82, 2.24) is 4.98 Å². The van der Waals surface area contributed by atoms with Gasteiger partial charge in [0.15, 0.2) is 0 Å². The monoisotopic (exact) mass is 289 g/mol. The summed E-state index contributed by atoms with van der Waals surface area (Å²) in [5, 5.41) is 0.602. The van der Waals surface area contributed by atoms with Crippen LogP contribution in [0, 0.1) is 0 Å². The molecule has 1 nitrogen and oxygen atoms in total. The smallest absolute Gasteiger partial charge is 0.142 e. The summed E-state index contributed by atoms with van der Waals surface area (Å²) in [7, 11) is 0. The van der Waals surface area contributed by atoms with Gasteiger partial charge in [0, 0.05) is 16.7 Å².